The molecule has 1 aromatic carbocycles. The number of carbonyl (C=O) groups excluding carboxylic acids is 2. The van der Waals surface area contributed by atoms with Crippen LogP contribution in [0.4, 0.5) is 13.2 Å². The van der Waals surface area contributed by atoms with Gasteiger partial charge in [0.25, 0.3) is 0 Å². The van der Waals surface area contributed by atoms with Gasteiger partial charge in [-0.15, -0.1) is 0 Å². The van der Waals surface area contributed by atoms with Crippen molar-refractivity contribution < 1.29 is 37.5 Å². The van der Waals surface area contributed by atoms with Crippen LogP contribution in [0.3, 0.4) is 0 Å². The van der Waals surface area contributed by atoms with Crippen LogP contribution in [0.15, 0.2) is 48.3 Å². The predicted molar refractivity (Wildman–Crippen MR) is 103 cm³/mol. The van der Waals surface area contributed by atoms with Gasteiger partial charge in [-0.05, 0) is 11.1 Å². The van der Waals surface area contributed by atoms with Gasteiger partial charge in [0.1, 0.15) is 25.3 Å². The van der Waals surface area contributed by atoms with Crippen LogP contribution in [0.5, 0.6) is 0 Å². The minimum Gasteiger partial charge on any atom is -0.542 e. The van der Waals surface area contributed by atoms with Gasteiger partial charge in [-0.1, -0.05) is 30.3 Å². The first-order chi connectivity index (χ1) is 14.6. The zero-order valence-corrected chi connectivity index (χ0v) is 16.5. The molecule has 164 valence electrons. The number of aliphatic hydroxyl groups excluding tert-OH is 1. The first-order valence-corrected chi connectivity index (χ1v) is 9.39. The van der Waals surface area contributed by atoms with E-state index in [1.807, 2.05) is 49.7 Å². The van der Waals surface area contributed by atoms with Gasteiger partial charge in [-0.3, -0.25) is 4.79 Å². The van der Waals surface area contributed by atoms with Crippen LogP contribution in [0.25, 0.3) is 0 Å². The summed E-state index contributed by atoms with van der Waals surface area (Å²) in [6.45, 7) is 1.23. The van der Waals surface area contributed by atoms with E-state index < -0.39 is 18.2 Å². The Morgan fingerprint density at radius 2 is 1.97 bits per heavy atom. The average molecular weight is 435 g/mol. The number of H-pyrrole nitrogens is 1. The second-order valence-electron chi connectivity index (χ2n) is 7.10. The number of hydrogen-bond acceptors (Lipinski definition) is 5. The number of carbonyl (C=O) groups is 2. The number of halogens is 3. The summed E-state index contributed by atoms with van der Waals surface area (Å²) in [7, 11) is 2.04. The third-order valence-electron chi connectivity index (χ3n) is 5.00. The summed E-state index contributed by atoms with van der Waals surface area (Å²) < 4.78 is 33.7. The number of alkyl halides is 3. The molecule has 0 saturated carbocycles. The van der Waals surface area contributed by atoms with E-state index in [9.17, 15) is 23.1 Å². The second-order valence-corrected chi connectivity index (χ2v) is 7.10. The molecule has 31 heavy (non-hydrogen) atoms. The lowest BCUT2D eigenvalue weighted by Gasteiger charge is -2.20. The van der Waals surface area contributed by atoms with Gasteiger partial charge in [-0.2, -0.15) is 13.2 Å². The fourth-order valence-electron chi connectivity index (χ4n) is 3.38. The van der Waals surface area contributed by atoms with E-state index in [1.54, 1.807) is 0 Å². The maximum Gasteiger partial charge on any atom is 0.430 e. The van der Waals surface area contributed by atoms with Gasteiger partial charge < -0.3 is 25.3 Å². The molecule has 7 nitrogen and oxygen atoms in total. The Kier molecular flexibility index (Phi) is 6.30. The minimum absolute atomic E-state index is 0.0458. The number of likely N-dealkylation sites (N-methyl/N-ethyl adjacent to an activating group) is 1. The largest absolute Gasteiger partial charge is 0.542 e. The number of hydrogen-bond donors (Lipinski definition) is 3. The molecule has 3 N–H and O–H groups in total. The molecule has 0 amide bonds. The highest BCUT2D eigenvalue weighted by Crippen LogP contribution is 2.26. The predicted octanol–water partition coefficient (Wildman–Crippen LogP) is 0.704. The number of rotatable bonds is 4. The molecule has 2 aromatic rings. The molecule has 2 heterocycles. The van der Waals surface area contributed by atoms with Crippen molar-refractivity contribution in [1.82, 2.24) is 10.3 Å². The Bertz CT molecular complexity index is 1060. The number of nitrogens with one attached hydrogen (secondary N) is 2. The molecule has 0 spiro atoms. The monoisotopic (exact) mass is 435 g/mol. The van der Waals surface area contributed by atoms with E-state index in [-0.39, 0.29) is 5.78 Å². The first kappa shape index (κ1) is 22.3. The summed E-state index contributed by atoms with van der Waals surface area (Å²) in [6.07, 6.45) is -1.07. The number of carboxylic acid groups (broad SMARTS) is 1. The maximum atomic E-state index is 12.7. The quantitative estimate of drug-likeness (QED) is 0.613. The normalized spacial score (nSPS) is 16.0. The number of aromatic nitrogens is 1. The van der Waals surface area contributed by atoms with Crippen LogP contribution >= 0.6 is 0 Å². The number of aromatic amines is 1. The van der Waals surface area contributed by atoms with Crippen LogP contribution in [-0.2, 0) is 11.2 Å². The lowest BCUT2D eigenvalue weighted by atomic mass is 9.92. The van der Waals surface area contributed by atoms with Crippen molar-refractivity contribution in [3.8, 4) is 0 Å². The van der Waals surface area contributed by atoms with E-state index in [2.05, 4.69) is 14.9 Å². The first-order valence-electron chi connectivity index (χ1n) is 9.39. The smallest absolute Gasteiger partial charge is 0.430 e. The lowest BCUT2D eigenvalue weighted by Crippen LogP contribution is -2.37. The summed E-state index contributed by atoms with van der Waals surface area (Å²) in [4.78, 5) is 24.6. The molecule has 1 aromatic heterocycles. The molecule has 1 aliphatic heterocycles. The van der Waals surface area contributed by atoms with Crippen molar-refractivity contribution in [2.75, 3.05) is 20.1 Å². The summed E-state index contributed by atoms with van der Waals surface area (Å²) in [6, 6.07) is 9.45. The van der Waals surface area contributed by atoms with E-state index in [4.69, 9.17) is 9.90 Å². The van der Waals surface area contributed by atoms with Crippen molar-refractivity contribution in [2.45, 2.75) is 18.7 Å². The molecule has 0 saturated heterocycles. The third-order valence-corrected chi connectivity index (χ3v) is 5.00. The highest BCUT2D eigenvalue weighted by molar-refractivity contribution is 6.24. The zero-order valence-electron chi connectivity index (χ0n) is 16.5. The van der Waals surface area contributed by atoms with Gasteiger partial charge in [0, 0.05) is 25.2 Å². The van der Waals surface area contributed by atoms with Crippen LogP contribution in [0.2, 0.25) is 0 Å². The maximum absolute atomic E-state index is 12.7. The molecular weight excluding hydrogens is 415 g/mol. The van der Waals surface area contributed by atoms with Crippen LogP contribution < -0.4 is 10.4 Å². The fourth-order valence-corrected chi connectivity index (χ4v) is 3.38. The summed E-state index contributed by atoms with van der Waals surface area (Å²) in [5, 5.41) is 22.2. The summed E-state index contributed by atoms with van der Waals surface area (Å²) >= 11 is 0. The summed E-state index contributed by atoms with van der Waals surface area (Å²) in [5.74, 6) is -3.05. The molecule has 1 unspecified atom stereocenters. The molecule has 2 aliphatic rings. The average Bonchev–Trinajstić information content (AvgIpc) is 3.17. The van der Waals surface area contributed by atoms with Gasteiger partial charge in [0.2, 0.25) is 11.5 Å². The third kappa shape index (κ3) is 4.85. The number of Topliss-reactive ketones (excluding diaryl/α,β-unsaturated/α-hetero) is 1. The molecular formula is C21H20F3N3O4. The van der Waals surface area contributed by atoms with E-state index >= 15 is 0 Å². The van der Waals surface area contributed by atoms with Crippen LogP contribution in [0.1, 0.15) is 33.3 Å². The molecule has 1 aliphatic carbocycles. The molecule has 0 fully saturated rings. The molecule has 0 bridgehead atoms. The molecule has 0 radical (unpaired) electrons. The number of aliphatic hydroxyl groups is 1. The zero-order chi connectivity index (χ0) is 22.8. The number of carboxylic acids is 1. The highest BCUT2D eigenvalue weighted by Gasteiger charge is 2.35. The molecule has 10 heteroatoms. The van der Waals surface area contributed by atoms with Gasteiger partial charge in [0.15, 0.2) is 0 Å². The Labute approximate surface area is 175 Å². The topological polar surface area (TPSA) is 108 Å². The van der Waals surface area contributed by atoms with Crippen LogP contribution in [-0.4, -0.2) is 58.4 Å². The van der Waals surface area contributed by atoms with E-state index in [0.29, 0.717) is 17.9 Å². The number of nitrogens with zero attached hydrogens (tertiary/aromatic N) is 1. The van der Waals surface area contributed by atoms with Crippen molar-refractivity contribution in [3.63, 3.8) is 0 Å². The Morgan fingerprint density at radius 3 is 2.58 bits per heavy atom. The van der Waals surface area contributed by atoms with E-state index in [1.165, 1.54) is 5.56 Å². The SMILES string of the molecule is C[N+]1=C2C=C(NCC(O)c3ccccc3)C(=O)c3[nH]cc(c32)CC1.O=C([O-])C(F)(F)F. The molecule has 4 rings (SSSR count). The minimum atomic E-state index is -5.19. The standard InChI is InChI=1S/C19H19N3O2.C2HF3O2/c1-22-8-7-13-10-21-18-17(13)15(22)9-14(19(18)24)20-11-16(23)12-5-3-2-4-6-12;3-2(4,5)1(6)7/h2-6,9-10,16,23H,7-8,11H2,1H3,(H,20,21,24);(H,6,7). The number of benzene rings is 1. The lowest BCUT2D eigenvalue weighted by molar-refractivity contribution is -0.497. The van der Waals surface area contributed by atoms with Crippen molar-refractivity contribution >= 4 is 17.5 Å². The van der Waals surface area contributed by atoms with Gasteiger partial charge >= 0.3 is 6.18 Å². The Hall–Kier alpha value is -3.40. The number of ketones is 1. The van der Waals surface area contributed by atoms with Crippen LogP contribution in [0, 0.1) is 0 Å². The highest BCUT2D eigenvalue weighted by atomic mass is 19.4. The van der Waals surface area contributed by atoms with Gasteiger partial charge in [0.05, 0.1) is 17.4 Å². The van der Waals surface area contributed by atoms with Crippen molar-refractivity contribution in [1.29, 1.82) is 0 Å². The number of allylic oxidation sites excluding steroid dienone is 2. The Morgan fingerprint density at radius 1 is 1.32 bits per heavy atom. The Balaban J connectivity index is 0.000000339. The van der Waals surface area contributed by atoms with Crippen molar-refractivity contribution in [3.05, 3.63) is 70.7 Å². The van der Waals surface area contributed by atoms with Gasteiger partial charge in [-0.25, -0.2) is 4.58 Å². The fraction of sp³-hybridized carbons (Fsp3) is 0.286. The number of aliphatic carboxylic acids is 1. The van der Waals surface area contributed by atoms with E-state index in [0.717, 1.165) is 29.8 Å². The second kappa shape index (κ2) is 8.76. The summed E-state index contributed by atoms with van der Waals surface area (Å²) in [5.41, 5.74) is 5.29. The van der Waals surface area contributed by atoms with Crippen molar-refractivity contribution in [2.24, 2.45) is 0 Å². The molecule has 1 atom stereocenters.